The van der Waals surface area contributed by atoms with E-state index in [1.54, 1.807) is 11.3 Å². The third-order valence-corrected chi connectivity index (χ3v) is 5.45. The molecule has 1 aromatic rings. The normalized spacial score (nSPS) is 25.8. The van der Waals surface area contributed by atoms with E-state index in [1.165, 1.54) is 16.9 Å². The number of carbonyl (C=O) groups excluding carboxylic acids is 1. The average molecular weight is 315 g/mol. The van der Waals surface area contributed by atoms with E-state index in [0.717, 1.165) is 44.0 Å². The molecule has 5 heteroatoms. The Balaban J connectivity index is 0.00000147. The molecule has 2 atom stereocenters. The van der Waals surface area contributed by atoms with Crippen LogP contribution in [-0.2, 0) is 12.8 Å². The molecule has 1 aromatic heterocycles. The highest BCUT2D eigenvalue weighted by atomic mass is 35.5. The van der Waals surface area contributed by atoms with Gasteiger partial charge in [-0.3, -0.25) is 4.79 Å². The fourth-order valence-electron chi connectivity index (χ4n) is 3.15. The van der Waals surface area contributed by atoms with Gasteiger partial charge in [-0.1, -0.05) is 6.92 Å². The second kappa shape index (κ2) is 6.46. The van der Waals surface area contributed by atoms with Gasteiger partial charge < -0.3 is 10.2 Å². The fraction of sp³-hybridized carbons (Fsp3) is 0.667. The summed E-state index contributed by atoms with van der Waals surface area (Å²) in [7, 11) is 0. The summed E-state index contributed by atoms with van der Waals surface area (Å²) in [5.41, 5.74) is 2.33. The van der Waals surface area contributed by atoms with Gasteiger partial charge in [0.1, 0.15) is 0 Å². The maximum absolute atomic E-state index is 12.7. The number of nitrogens with zero attached hydrogens (tertiary/aromatic N) is 1. The lowest BCUT2D eigenvalue weighted by Gasteiger charge is -2.34. The van der Waals surface area contributed by atoms with E-state index >= 15 is 0 Å². The van der Waals surface area contributed by atoms with Gasteiger partial charge in [-0.05, 0) is 37.7 Å². The van der Waals surface area contributed by atoms with Crippen molar-refractivity contribution in [1.29, 1.82) is 0 Å². The van der Waals surface area contributed by atoms with Gasteiger partial charge in [0.15, 0.2) is 0 Å². The Morgan fingerprint density at radius 1 is 1.45 bits per heavy atom. The third-order valence-electron chi connectivity index (χ3n) is 4.39. The lowest BCUT2D eigenvalue weighted by atomic mass is 9.88. The number of thiophene rings is 1. The second-order valence-corrected chi connectivity index (χ2v) is 6.91. The van der Waals surface area contributed by atoms with Crippen LogP contribution in [0.25, 0.3) is 0 Å². The van der Waals surface area contributed by atoms with Crippen LogP contribution in [0.2, 0.25) is 0 Å². The maximum Gasteiger partial charge on any atom is 0.255 e. The zero-order valence-corrected chi connectivity index (χ0v) is 13.8. The Morgan fingerprint density at radius 3 is 3.00 bits per heavy atom. The quantitative estimate of drug-likeness (QED) is 0.864. The number of amides is 1. The van der Waals surface area contributed by atoms with E-state index in [9.17, 15) is 4.79 Å². The van der Waals surface area contributed by atoms with E-state index in [2.05, 4.69) is 24.5 Å². The lowest BCUT2D eigenvalue weighted by molar-refractivity contribution is 0.0655. The molecule has 112 valence electrons. The van der Waals surface area contributed by atoms with Crippen molar-refractivity contribution in [3.05, 3.63) is 21.4 Å². The first-order valence-electron chi connectivity index (χ1n) is 7.27. The first-order chi connectivity index (χ1) is 9.16. The minimum atomic E-state index is 0. The molecule has 0 bridgehead atoms. The monoisotopic (exact) mass is 314 g/mol. The van der Waals surface area contributed by atoms with Gasteiger partial charge in [-0.25, -0.2) is 0 Å². The molecule has 0 saturated carbocycles. The summed E-state index contributed by atoms with van der Waals surface area (Å²) in [4.78, 5) is 16.2. The fourth-order valence-corrected chi connectivity index (χ4v) is 4.39. The molecule has 1 aliphatic heterocycles. The molecular weight excluding hydrogens is 292 g/mol. The average Bonchev–Trinajstić information content (AvgIpc) is 2.81. The number of hydrogen-bond acceptors (Lipinski definition) is 3. The Bertz CT molecular complexity index is 488. The molecule has 2 heterocycles. The van der Waals surface area contributed by atoms with Crippen LogP contribution in [0.3, 0.4) is 0 Å². The molecule has 3 rings (SSSR count). The molecular formula is C15H23ClN2OS. The smallest absolute Gasteiger partial charge is 0.255 e. The summed E-state index contributed by atoms with van der Waals surface area (Å²) in [5, 5.41) is 5.44. The van der Waals surface area contributed by atoms with Crippen LogP contribution in [0.5, 0.6) is 0 Å². The summed E-state index contributed by atoms with van der Waals surface area (Å²) >= 11 is 1.79. The van der Waals surface area contributed by atoms with Crippen LogP contribution in [0.1, 0.15) is 41.1 Å². The lowest BCUT2D eigenvalue weighted by Crippen LogP contribution is -2.52. The number of rotatable bonds is 1. The van der Waals surface area contributed by atoms with E-state index in [-0.39, 0.29) is 18.3 Å². The van der Waals surface area contributed by atoms with Crippen LogP contribution >= 0.6 is 23.7 Å². The van der Waals surface area contributed by atoms with Gasteiger partial charge in [0.2, 0.25) is 0 Å². The summed E-state index contributed by atoms with van der Waals surface area (Å²) < 4.78 is 0. The SMILES string of the molecule is CC1CCc2c(C(=O)N3CCNCC3C)csc2C1.Cl. The van der Waals surface area contributed by atoms with Gasteiger partial charge in [-0.2, -0.15) is 0 Å². The molecule has 2 aliphatic rings. The van der Waals surface area contributed by atoms with E-state index in [4.69, 9.17) is 0 Å². The van der Waals surface area contributed by atoms with Crippen molar-refractivity contribution in [1.82, 2.24) is 10.2 Å². The highest BCUT2D eigenvalue weighted by Crippen LogP contribution is 2.33. The molecule has 1 amide bonds. The Hall–Kier alpha value is -0.580. The van der Waals surface area contributed by atoms with Crippen LogP contribution in [0, 0.1) is 5.92 Å². The predicted molar refractivity (Wildman–Crippen MR) is 86.1 cm³/mol. The minimum absolute atomic E-state index is 0. The number of hydrogen-bond donors (Lipinski definition) is 1. The maximum atomic E-state index is 12.7. The van der Waals surface area contributed by atoms with Gasteiger partial charge in [0, 0.05) is 35.9 Å². The van der Waals surface area contributed by atoms with Gasteiger partial charge >= 0.3 is 0 Å². The standard InChI is InChI=1S/C15H22N2OS.ClH/c1-10-3-4-12-13(9-19-14(12)7-10)15(18)17-6-5-16-8-11(17)2;/h9-11,16H,3-8H2,1-2H3;1H. The van der Waals surface area contributed by atoms with Gasteiger partial charge in [0.25, 0.3) is 5.91 Å². The summed E-state index contributed by atoms with van der Waals surface area (Å²) in [6, 6.07) is 0.305. The molecule has 0 spiro atoms. The molecule has 1 aliphatic carbocycles. The van der Waals surface area contributed by atoms with Gasteiger partial charge in [0.05, 0.1) is 5.56 Å². The second-order valence-electron chi connectivity index (χ2n) is 5.95. The van der Waals surface area contributed by atoms with Crippen LogP contribution < -0.4 is 5.32 Å². The van der Waals surface area contributed by atoms with Crippen molar-refractivity contribution >= 4 is 29.7 Å². The van der Waals surface area contributed by atoms with Crippen LogP contribution in [-0.4, -0.2) is 36.5 Å². The summed E-state index contributed by atoms with van der Waals surface area (Å²) in [6.45, 7) is 7.10. The molecule has 2 unspecified atom stereocenters. The van der Waals surface area contributed by atoms with Crippen molar-refractivity contribution in [2.24, 2.45) is 5.92 Å². The Labute approximate surface area is 131 Å². The first kappa shape index (κ1) is 15.8. The van der Waals surface area contributed by atoms with Crippen molar-refractivity contribution in [3.63, 3.8) is 0 Å². The third kappa shape index (κ3) is 2.87. The molecule has 0 radical (unpaired) electrons. The minimum Gasteiger partial charge on any atom is -0.333 e. The number of halogens is 1. The number of carbonyl (C=O) groups is 1. The Morgan fingerprint density at radius 2 is 2.25 bits per heavy atom. The van der Waals surface area contributed by atoms with Gasteiger partial charge in [-0.15, -0.1) is 23.7 Å². The highest BCUT2D eigenvalue weighted by Gasteiger charge is 2.29. The van der Waals surface area contributed by atoms with Crippen molar-refractivity contribution in [2.75, 3.05) is 19.6 Å². The van der Waals surface area contributed by atoms with Crippen LogP contribution in [0.15, 0.2) is 5.38 Å². The number of nitrogens with one attached hydrogen (secondary N) is 1. The van der Waals surface area contributed by atoms with Crippen LogP contribution in [0.4, 0.5) is 0 Å². The molecule has 1 N–H and O–H groups in total. The van der Waals surface area contributed by atoms with E-state index < -0.39 is 0 Å². The predicted octanol–water partition coefficient (Wildman–Crippen LogP) is 2.73. The summed E-state index contributed by atoms with van der Waals surface area (Å²) in [5.74, 6) is 1.02. The van der Waals surface area contributed by atoms with E-state index in [0.29, 0.717) is 6.04 Å². The van der Waals surface area contributed by atoms with Crippen molar-refractivity contribution < 1.29 is 4.79 Å². The first-order valence-corrected chi connectivity index (χ1v) is 8.15. The highest BCUT2D eigenvalue weighted by molar-refractivity contribution is 7.10. The number of piperazine rings is 1. The van der Waals surface area contributed by atoms with E-state index in [1.807, 2.05) is 4.90 Å². The zero-order valence-electron chi connectivity index (χ0n) is 12.1. The molecule has 1 fully saturated rings. The van der Waals surface area contributed by atoms with Crippen molar-refractivity contribution in [2.45, 2.75) is 39.2 Å². The summed E-state index contributed by atoms with van der Waals surface area (Å²) in [6.07, 6.45) is 3.47. The molecule has 0 aromatic carbocycles. The molecule has 1 saturated heterocycles. The Kier molecular flexibility index (Phi) is 5.10. The topological polar surface area (TPSA) is 32.3 Å². The largest absolute Gasteiger partial charge is 0.333 e. The zero-order chi connectivity index (χ0) is 13.4. The molecule has 3 nitrogen and oxygen atoms in total. The molecule has 20 heavy (non-hydrogen) atoms. The number of fused-ring (bicyclic) bond motifs is 1. The van der Waals surface area contributed by atoms with Crippen molar-refractivity contribution in [3.8, 4) is 0 Å².